The van der Waals surface area contributed by atoms with Crippen molar-refractivity contribution in [2.45, 2.75) is 33.4 Å². The van der Waals surface area contributed by atoms with Crippen molar-refractivity contribution in [2.24, 2.45) is 0 Å². The van der Waals surface area contributed by atoms with Gasteiger partial charge in [-0.2, -0.15) is 0 Å². The molecule has 1 rings (SSSR count). The Morgan fingerprint density at radius 3 is 2.56 bits per heavy atom. The molecule has 0 aliphatic rings. The number of rotatable bonds is 8. The molecule has 0 aliphatic carbocycles. The molecule has 0 saturated heterocycles. The molecule has 0 bridgehead atoms. The van der Waals surface area contributed by atoms with Gasteiger partial charge >= 0.3 is 0 Å². The Balaban J connectivity index is 2.71. The van der Waals surface area contributed by atoms with Crippen LogP contribution in [0.25, 0.3) is 0 Å². The Morgan fingerprint density at radius 2 is 1.94 bits per heavy atom. The Labute approximate surface area is 111 Å². The van der Waals surface area contributed by atoms with Gasteiger partial charge in [0.15, 0.2) is 0 Å². The van der Waals surface area contributed by atoms with Gasteiger partial charge in [0.05, 0.1) is 6.54 Å². The molecule has 2 heteroatoms. The summed E-state index contributed by atoms with van der Waals surface area (Å²) in [5.41, 5.74) is 2.75. The van der Waals surface area contributed by atoms with Crippen LogP contribution in [-0.4, -0.2) is 24.5 Å². The van der Waals surface area contributed by atoms with E-state index in [0.717, 1.165) is 39.1 Å². The lowest BCUT2D eigenvalue weighted by molar-refractivity contribution is 0.298. The molecule has 0 fully saturated rings. The molecule has 0 aromatic heterocycles. The van der Waals surface area contributed by atoms with Crippen LogP contribution in [0.3, 0.4) is 0 Å². The molecule has 0 atom stereocenters. The monoisotopic (exact) mass is 244 g/mol. The van der Waals surface area contributed by atoms with E-state index < -0.39 is 0 Å². The largest absolute Gasteiger partial charge is 0.313 e. The second-order valence-corrected chi connectivity index (χ2v) is 4.46. The quantitative estimate of drug-likeness (QED) is 0.707. The molecule has 2 nitrogen and oxygen atoms in total. The maximum Gasteiger partial charge on any atom is 0.0601 e. The van der Waals surface area contributed by atoms with Crippen molar-refractivity contribution in [1.29, 1.82) is 0 Å². The fourth-order valence-corrected chi connectivity index (χ4v) is 2.04. The maximum atomic E-state index is 5.43. The van der Waals surface area contributed by atoms with E-state index in [0.29, 0.717) is 0 Å². The van der Waals surface area contributed by atoms with Crippen molar-refractivity contribution < 1.29 is 0 Å². The van der Waals surface area contributed by atoms with Crippen LogP contribution >= 0.6 is 0 Å². The van der Waals surface area contributed by atoms with Crippen LogP contribution in [-0.2, 0) is 13.1 Å². The Kier molecular flexibility index (Phi) is 7.17. The summed E-state index contributed by atoms with van der Waals surface area (Å²) >= 11 is 0. The SMILES string of the molecule is C#CCN(CCC)Cc1ccccc1CNCC. The standard InChI is InChI=1S/C16H24N2/c1-4-11-18(12-5-2)14-16-10-8-7-9-15(16)13-17-6-3/h1,7-10,17H,5-6,11-14H2,2-3H3. The normalized spacial score (nSPS) is 10.6. The summed E-state index contributed by atoms with van der Waals surface area (Å²) in [6.07, 6.45) is 6.56. The molecule has 98 valence electrons. The highest BCUT2D eigenvalue weighted by Crippen LogP contribution is 2.12. The highest BCUT2D eigenvalue weighted by atomic mass is 15.1. The summed E-state index contributed by atoms with van der Waals surface area (Å²) in [5.74, 6) is 2.75. The Hall–Kier alpha value is -1.30. The predicted octanol–water partition coefficient (Wildman–Crippen LogP) is 2.64. The fourth-order valence-electron chi connectivity index (χ4n) is 2.04. The molecule has 1 N–H and O–H groups in total. The van der Waals surface area contributed by atoms with Gasteiger partial charge in [-0.05, 0) is 30.6 Å². The predicted molar refractivity (Wildman–Crippen MR) is 78.2 cm³/mol. The minimum absolute atomic E-state index is 0.726. The lowest BCUT2D eigenvalue weighted by Gasteiger charge is -2.21. The average Bonchev–Trinajstić information content (AvgIpc) is 2.38. The number of hydrogen-bond acceptors (Lipinski definition) is 2. The number of hydrogen-bond donors (Lipinski definition) is 1. The van der Waals surface area contributed by atoms with E-state index in [1.165, 1.54) is 11.1 Å². The van der Waals surface area contributed by atoms with Gasteiger partial charge in [-0.3, -0.25) is 4.90 Å². The number of terminal acetylenes is 1. The lowest BCUT2D eigenvalue weighted by Crippen LogP contribution is -2.25. The third-order valence-corrected chi connectivity index (χ3v) is 2.93. The summed E-state index contributed by atoms with van der Waals surface area (Å²) in [7, 11) is 0. The van der Waals surface area contributed by atoms with Crippen molar-refractivity contribution in [3.8, 4) is 12.3 Å². The third-order valence-electron chi connectivity index (χ3n) is 2.93. The Morgan fingerprint density at radius 1 is 1.22 bits per heavy atom. The van der Waals surface area contributed by atoms with E-state index in [4.69, 9.17) is 6.42 Å². The van der Waals surface area contributed by atoms with Crippen LogP contribution in [0.1, 0.15) is 31.4 Å². The minimum atomic E-state index is 0.726. The first-order chi connectivity index (χ1) is 8.81. The zero-order valence-corrected chi connectivity index (χ0v) is 11.6. The zero-order valence-electron chi connectivity index (χ0n) is 11.6. The smallest absolute Gasteiger partial charge is 0.0601 e. The van der Waals surface area contributed by atoms with Crippen LogP contribution in [0.15, 0.2) is 24.3 Å². The van der Waals surface area contributed by atoms with E-state index in [1.54, 1.807) is 0 Å². The maximum absolute atomic E-state index is 5.43. The number of nitrogens with zero attached hydrogens (tertiary/aromatic N) is 1. The van der Waals surface area contributed by atoms with Crippen molar-refractivity contribution in [3.05, 3.63) is 35.4 Å². The van der Waals surface area contributed by atoms with Crippen LogP contribution in [0.4, 0.5) is 0 Å². The minimum Gasteiger partial charge on any atom is -0.313 e. The lowest BCUT2D eigenvalue weighted by atomic mass is 10.1. The topological polar surface area (TPSA) is 15.3 Å². The summed E-state index contributed by atoms with van der Waals surface area (Å²) in [4.78, 5) is 2.32. The van der Waals surface area contributed by atoms with E-state index in [1.807, 2.05) is 0 Å². The van der Waals surface area contributed by atoms with Gasteiger partial charge in [0.25, 0.3) is 0 Å². The molecular formula is C16H24N2. The molecule has 18 heavy (non-hydrogen) atoms. The summed E-state index contributed by atoms with van der Waals surface area (Å²) in [6.45, 7) is 8.97. The van der Waals surface area contributed by atoms with E-state index in [2.05, 4.69) is 54.3 Å². The first-order valence-electron chi connectivity index (χ1n) is 6.75. The highest BCUT2D eigenvalue weighted by molar-refractivity contribution is 5.27. The molecular weight excluding hydrogens is 220 g/mol. The zero-order chi connectivity index (χ0) is 13.2. The molecule has 0 amide bonds. The van der Waals surface area contributed by atoms with Gasteiger partial charge in [0.1, 0.15) is 0 Å². The van der Waals surface area contributed by atoms with Crippen molar-refractivity contribution in [1.82, 2.24) is 10.2 Å². The molecule has 0 heterocycles. The Bertz CT molecular complexity index is 379. The molecule has 0 aliphatic heterocycles. The second-order valence-electron chi connectivity index (χ2n) is 4.46. The average molecular weight is 244 g/mol. The van der Waals surface area contributed by atoms with Gasteiger partial charge in [0.2, 0.25) is 0 Å². The fraction of sp³-hybridized carbons (Fsp3) is 0.500. The van der Waals surface area contributed by atoms with Gasteiger partial charge in [-0.15, -0.1) is 6.42 Å². The molecule has 0 unspecified atom stereocenters. The van der Waals surface area contributed by atoms with Gasteiger partial charge in [-0.25, -0.2) is 0 Å². The second kappa shape index (κ2) is 8.74. The van der Waals surface area contributed by atoms with Crippen LogP contribution < -0.4 is 5.32 Å². The van der Waals surface area contributed by atoms with Crippen molar-refractivity contribution in [3.63, 3.8) is 0 Å². The van der Waals surface area contributed by atoms with Crippen LogP contribution in [0, 0.1) is 12.3 Å². The van der Waals surface area contributed by atoms with E-state index >= 15 is 0 Å². The highest BCUT2D eigenvalue weighted by Gasteiger charge is 2.07. The molecule has 1 aromatic rings. The molecule has 0 radical (unpaired) electrons. The van der Waals surface area contributed by atoms with Gasteiger partial charge < -0.3 is 5.32 Å². The summed E-state index contributed by atoms with van der Waals surface area (Å²) in [6, 6.07) is 8.59. The van der Waals surface area contributed by atoms with Gasteiger partial charge in [0, 0.05) is 13.1 Å². The van der Waals surface area contributed by atoms with E-state index in [9.17, 15) is 0 Å². The molecule has 0 spiro atoms. The van der Waals surface area contributed by atoms with Crippen LogP contribution in [0.5, 0.6) is 0 Å². The summed E-state index contributed by atoms with van der Waals surface area (Å²) < 4.78 is 0. The first kappa shape index (κ1) is 14.8. The third kappa shape index (κ3) is 4.91. The van der Waals surface area contributed by atoms with Crippen LogP contribution in [0.2, 0.25) is 0 Å². The van der Waals surface area contributed by atoms with E-state index in [-0.39, 0.29) is 0 Å². The number of benzene rings is 1. The summed E-state index contributed by atoms with van der Waals surface area (Å²) in [5, 5.41) is 3.38. The molecule has 1 aromatic carbocycles. The van der Waals surface area contributed by atoms with Gasteiger partial charge in [-0.1, -0.05) is 44.0 Å². The number of nitrogens with one attached hydrogen (secondary N) is 1. The first-order valence-corrected chi connectivity index (χ1v) is 6.75. The van der Waals surface area contributed by atoms with Crippen molar-refractivity contribution >= 4 is 0 Å². The molecule has 0 saturated carbocycles. The van der Waals surface area contributed by atoms with Crippen molar-refractivity contribution in [2.75, 3.05) is 19.6 Å².